The lowest BCUT2D eigenvalue weighted by atomic mass is 10.2. The lowest BCUT2D eigenvalue weighted by molar-refractivity contribution is 0.432. The number of hydrogen-bond acceptors (Lipinski definition) is 2. The van der Waals surface area contributed by atoms with Crippen LogP contribution in [0.2, 0.25) is 0 Å². The van der Waals surface area contributed by atoms with Gasteiger partial charge in [-0.25, -0.2) is 4.39 Å². The van der Waals surface area contributed by atoms with Crippen molar-refractivity contribution in [3.63, 3.8) is 0 Å². The van der Waals surface area contributed by atoms with E-state index in [0.717, 1.165) is 25.8 Å². The number of halogens is 3. The van der Waals surface area contributed by atoms with E-state index in [-0.39, 0.29) is 5.75 Å². The van der Waals surface area contributed by atoms with Crippen molar-refractivity contribution < 1.29 is 9.50 Å². The molecule has 0 aliphatic heterocycles. The molecule has 0 aliphatic carbocycles. The lowest BCUT2D eigenvalue weighted by Crippen LogP contribution is -2.01. The SMILES string of the molecule is Cc1cc(Br)c(NCc2ccc(O)c(F)c2)c(Br)c1. The Hall–Kier alpha value is -1.07. The van der Waals surface area contributed by atoms with Gasteiger partial charge in [-0.3, -0.25) is 0 Å². The maximum absolute atomic E-state index is 13.2. The lowest BCUT2D eigenvalue weighted by Gasteiger charge is -2.12. The Morgan fingerprint density at radius 3 is 2.37 bits per heavy atom. The van der Waals surface area contributed by atoms with Crippen molar-refractivity contribution in [3.05, 3.63) is 56.2 Å². The number of anilines is 1. The molecule has 100 valence electrons. The van der Waals surface area contributed by atoms with Crippen LogP contribution >= 0.6 is 31.9 Å². The zero-order chi connectivity index (χ0) is 14.0. The van der Waals surface area contributed by atoms with E-state index in [1.807, 2.05) is 19.1 Å². The van der Waals surface area contributed by atoms with E-state index < -0.39 is 5.82 Å². The number of rotatable bonds is 3. The molecule has 5 heteroatoms. The van der Waals surface area contributed by atoms with Gasteiger partial charge in [0.1, 0.15) is 0 Å². The van der Waals surface area contributed by atoms with Crippen molar-refractivity contribution in [2.45, 2.75) is 13.5 Å². The molecule has 0 radical (unpaired) electrons. The molecule has 2 rings (SSSR count). The van der Waals surface area contributed by atoms with Gasteiger partial charge in [-0.1, -0.05) is 6.07 Å². The van der Waals surface area contributed by atoms with Gasteiger partial charge in [-0.05, 0) is 74.2 Å². The molecule has 0 fully saturated rings. The highest BCUT2D eigenvalue weighted by molar-refractivity contribution is 9.11. The quantitative estimate of drug-likeness (QED) is 0.777. The van der Waals surface area contributed by atoms with E-state index in [4.69, 9.17) is 5.11 Å². The number of aromatic hydroxyl groups is 1. The molecule has 2 aromatic carbocycles. The van der Waals surface area contributed by atoms with E-state index in [9.17, 15) is 4.39 Å². The van der Waals surface area contributed by atoms with Gasteiger partial charge in [-0.15, -0.1) is 0 Å². The molecule has 0 bridgehead atoms. The summed E-state index contributed by atoms with van der Waals surface area (Å²) in [7, 11) is 0. The number of benzene rings is 2. The summed E-state index contributed by atoms with van der Waals surface area (Å²) in [4.78, 5) is 0. The second-order valence-corrected chi connectivity index (χ2v) is 5.95. The predicted octanol–water partition coefficient (Wildman–Crippen LogP) is 4.98. The van der Waals surface area contributed by atoms with Crippen molar-refractivity contribution in [3.8, 4) is 5.75 Å². The van der Waals surface area contributed by atoms with Crippen LogP contribution in [-0.4, -0.2) is 5.11 Å². The van der Waals surface area contributed by atoms with Crippen molar-refractivity contribution in [1.29, 1.82) is 0 Å². The van der Waals surface area contributed by atoms with Gasteiger partial charge in [0.2, 0.25) is 0 Å². The topological polar surface area (TPSA) is 32.3 Å². The summed E-state index contributed by atoms with van der Waals surface area (Å²) < 4.78 is 15.1. The van der Waals surface area contributed by atoms with Crippen LogP contribution in [0.15, 0.2) is 39.3 Å². The minimum absolute atomic E-state index is 0.332. The van der Waals surface area contributed by atoms with E-state index in [0.29, 0.717) is 6.54 Å². The highest BCUT2D eigenvalue weighted by Crippen LogP contribution is 2.32. The van der Waals surface area contributed by atoms with Gasteiger partial charge in [0.05, 0.1) is 5.69 Å². The molecule has 0 unspecified atom stereocenters. The molecule has 2 N–H and O–H groups in total. The fraction of sp³-hybridized carbons (Fsp3) is 0.143. The number of aryl methyl sites for hydroxylation is 1. The molecule has 0 aliphatic rings. The normalized spacial score (nSPS) is 10.5. The van der Waals surface area contributed by atoms with Crippen molar-refractivity contribution in [2.75, 3.05) is 5.32 Å². The molecular formula is C14H12Br2FNO. The summed E-state index contributed by atoms with van der Waals surface area (Å²) in [5, 5.41) is 12.4. The Bertz CT molecular complexity index is 593. The van der Waals surface area contributed by atoms with Crippen LogP contribution in [0.4, 0.5) is 10.1 Å². The minimum atomic E-state index is -0.610. The van der Waals surface area contributed by atoms with Crippen molar-refractivity contribution in [1.82, 2.24) is 0 Å². The van der Waals surface area contributed by atoms with Gasteiger partial charge < -0.3 is 10.4 Å². The van der Waals surface area contributed by atoms with Crippen LogP contribution in [0, 0.1) is 12.7 Å². The largest absolute Gasteiger partial charge is 0.505 e. The summed E-state index contributed by atoms with van der Waals surface area (Å²) in [5.74, 6) is -0.942. The monoisotopic (exact) mass is 387 g/mol. The standard InChI is InChI=1S/C14H12Br2FNO/c1-8-4-10(15)14(11(16)5-8)18-7-9-2-3-13(19)12(17)6-9/h2-6,18-19H,7H2,1H3. The second-order valence-electron chi connectivity index (χ2n) is 4.24. The fourth-order valence-electron chi connectivity index (χ4n) is 1.72. The van der Waals surface area contributed by atoms with Crippen LogP contribution in [-0.2, 0) is 6.54 Å². The maximum Gasteiger partial charge on any atom is 0.165 e. The number of hydrogen-bond donors (Lipinski definition) is 2. The van der Waals surface area contributed by atoms with Gasteiger partial charge >= 0.3 is 0 Å². The minimum Gasteiger partial charge on any atom is -0.505 e. The molecule has 0 atom stereocenters. The molecule has 0 saturated heterocycles. The number of phenolic OH excluding ortho intramolecular Hbond substituents is 1. The van der Waals surface area contributed by atoms with Gasteiger partial charge in [0.15, 0.2) is 11.6 Å². The Balaban J connectivity index is 2.16. The number of phenols is 1. The second kappa shape index (κ2) is 5.92. The zero-order valence-corrected chi connectivity index (χ0v) is 13.3. The van der Waals surface area contributed by atoms with Crippen LogP contribution < -0.4 is 5.32 Å². The Morgan fingerprint density at radius 2 is 1.79 bits per heavy atom. The van der Waals surface area contributed by atoms with E-state index in [1.165, 1.54) is 12.1 Å². The van der Waals surface area contributed by atoms with Crippen molar-refractivity contribution >= 4 is 37.5 Å². The van der Waals surface area contributed by atoms with E-state index >= 15 is 0 Å². The molecule has 2 nitrogen and oxygen atoms in total. The third-order valence-corrected chi connectivity index (χ3v) is 3.92. The smallest absolute Gasteiger partial charge is 0.165 e. The first kappa shape index (κ1) is 14.3. The zero-order valence-electron chi connectivity index (χ0n) is 10.2. The third-order valence-electron chi connectivity index (χ3n) is 2.67. The molecule has 0 amide bonds. The Kier molecular flexibility index (Phi) is 4.47. The fourth-order valence-corrected chi connectivity index (χ4v) is 3.42. The average molecular weight is 389 g/mol. The van der Waals surface area contributed by atoms with Crippen molar-refractivity contribution in [2.24, 2.45) is 0 Å². The first-order valence-electron chi connectivity index (χ1n) is 5.64. The molecule has 0 spiro atoms. The van der Waals surface area contributed by atoms with Gasteiger partial charge in [-0.2, -0.15) is 0 Å². The van der Waals surface area contributed by atoms with Crippen LogP contribution in [0.3, 0.4) is 0 Å². The van der Waals surface area contributed by atoms with Crippen LogP contribution in [0.25, 0.3) is 0 Å². The predicted molar refractivity (Wildman–Crippen MR) is 82.0 cm³/mol. The maximum atomic E-state index is 13.2. The highest BCUT2D eigenvalue weighted by atomic mass is 79.9. The summed E-state index contributed by atoms with van der Waals surface area (Å²) in [5.41, 5.74) is 2.81. The Labute approximate surface area is 127 Å². The molecule has 19 heavy (non-hydrogen) atoms. The van der Waals surface area contributed by atoms with E-state index in [1.54, 1.807) is 6.07 Å². The molecule has 0 heterocycles. The first-order valence-corrected chi connectivity index (χ1v) is 7.23. The molecule has 0 saturated carbocycles. The third kappa shape index (κ3) is 3.48. The summed E-state index contributed by atoms with van der Waals surface area (Å²) >= 11 is 6.98. The molecule has 0 aromatic heterocycles. The highest BCUT2D eigenvalue weighted by Gasteiger charge is 2.07. The molecular weight excluding hydrogens is 377 g/mol. The number of nitrogens with one attached hydrogen (secondary N) is 1. The Morgan fingerprint density at radius 1 is 1.16 bits per heavy atom. The van der Waals surface area contributed by atoms with E-state index in [2.05, 4.69) is 37.2 Å². The average Bonchev–Trinajstić information content (AvgIpc) is 2.32. The summed E-state index contributed by atoms with van der Waals surface area (Å²) in [6, 6.07) is 8.36. The van der Waals surface area contributed by atoms with Crippen LogP contribution in [0.5, 0.6) is 5.75 Å². The summed E-state index contributed by atoms with van der Waals surface area (Å²) in [6.45, 7) is 2.48. The van der Waals surface area contributed by atoms with Gasteiger partial charge in [0.25, 0.3) is 0 Å². The van der Waals surface area contributed by atoms with Gasteiger partial charge in [0, 0.05) is 15.5 Å². The van der Waals surface area contributed by atoms with Crippen LogP contribution in [0.1, 0.15) is 11.1 Å². The summed E-state index contributed by atoms with van der Waals surface area (Å²) in [6.07, 6.45) is 0. The first-order chi connectivity index (χ1) is 8.97. The molecule has 2 aromatic rings.